The zero-order valence-electron chi connectivity index (χ0n) is 13.8. The van der Waals surface area contributed by atoms with Gasteiger partial charge in [-0.3, -0.25) is 4.79 Å². The molecule has 2 rings (SSSR count). The fourth-order valence-corrected chi connectivity index (χ4v) is 2.19. The predicted octanol–water partition coefficient (Wildman–Crippen LogP) is 4.10. The van der Waals surface area contributed by atoms with Crippen LogP contribution in [0.15, 0.2) is 36.5 Å². The number of amides is 1. The Morgan fingerprint density at radius 1 is 1.29 bits per heavy atom. The Kier molecular flexibility index (Phi) is 6.88. The summed E-state index contributed by atoms with van der Waals surface area (Å²) in [4.78, 5) is 16.3. The molecular weight excluding hydrogens is 328 g/mol. The first-order valence-corrected chi connectivity index (χ1v) is 8.21. The van der Waals surface area contributed by atoms with Crippen molar-refractivity contribution in [2.24, 2.45) is 0 Å². The average Bonchev–Trinajstić information content (AvgIpc) is 2.58. The first-order chi connectivity index (χ1) is 11.6. The molecule has 1 aromatic heterocycles. The second-order valence-corrected chi connectivity index (χ2v) is 5.67. The fraction of sp³-hybridized carbons (Fsp3) is 0.333. The Balaban J connectivity index is 2.07. The molecule has 0 fully saturated rings. The zero-order valence-corrected chi connectivity index (χ0v) is 14.6. The maximum atomic E-state index is 12.3. The standard InChI is InChI=1S/C18H21ClN2O3/c1-3-4-9-24-16-7-6-14(23-2)11-15(16)21-18(22)10-13-5-8-17(19)20-12-13/h5-8,11-12H,3-4,9-10H2,1-2H3,(H,21,22). The first kappa shape index (κ1) is 18.1. The number of nitrogens with one attached hydrogen (secondary N) is 1. The number of unbranched alkanes of at least 4 members (excludes halogenated alkanes) is 1. The largest absolute Gasteiger partial charge is 0.497 e. The van der Waals surface area contributed by atoms with Gasteiger partial charge in [0.05, 0.1) is 25.8 Å². The Bertz CT molecular complexity index is 674. The molecule has 0 aliphatic rings. The van der Waals surface area contributed by atoms with E-state index >= 15 is 0 Å². The van der Waals surface area contributed by atoms with Crippen LogP contribution in [-0.2, 0) is 11.2 Å². The third-order valence-corrected chi connectivity index (χ3v) is 3.59. The predicted molar refractivity (Wildman–Crippen MR) is 95.0 cm³/mol. The molecule has 1 N–H and O–H groups in total. The molecule has 0 saturated carbocycles. The Morgan fingerprint density at radius 3 is 2.79 bits per heavy atom. The second-order valence-electron chi connectivity index (χ2n) is 5.28. The van der Waals surface area contributed by atoms with E-state index in [4.69, 9.17) is 21.1 Å². The van der Waals surface area contributed by atoms with Gasteiger partial charge in [-0.1, -0.05) is 31.0 Å². The Hall–Kier alpha value is -2.27. The van der Waals surface area contributed by atoms with E-state index in [-0.39, 0.29) is 12.3 Å². The molecule has 2 aromatic rings. The van der Waals surface area contributed by atoms with Crippen molar-refractivity contribution in [2.45, 2.75) is 26.2 Å². The van der Waals surface area contributed by atoms with E-state index in [0.717, 1.165) is 18.4 Å². The summed E-state index contributed by atoms with van der Waals surface area (Å²) >= 11 is 5.75. The van der Waals surface area contributed by atoms with Crippen molar-refractivity contribution in [2.75, 3.05) is 19.0 Å². The van der Waals surface area contributed by atoms with Gasteiger partial charge in [0.25, 0.3) is 0 Å². The molecule has 1 amide bonds. The minimum Gasteiger partial charge on any atom is -0.497 e. The average molecular weight is 349 g/mol. The summed E-state index contributed by atoms with van der Waals surface area (Å²) in [5, 5.41) is 3.27. The van der Waals surface area contributed by atoms with Gasteiger partial charge < -0.3 is 14.8 Å². The SMILES string of the molecule is CCCCOc1ccc(OC)cc1NC(=O)Cc1ccc(Cl)nc1. The summed E-state index contributed by atoms with van der Waals surface area (Å²) in [6.45, 7) is 2.70. The number of hydrogen-bond donors (Lipinski definition) is 1. The zero-order chi connectivity index (χ0) is 17.4. The molecule has 0 atom stereocenters. The molecular formula is C18H21ClN2O3. The molecule has 6 heteroatoms. The highest BCUT2D eigenvalue weighted by Crippen LogP contribution is 2.29. The van der Waals surface area contributed by atoms with Gasteiger partial charge in [0.15, 0.2) is 0 Å². The molecule has 5 nitrogen and oxygen atoms in total. The van der Waals surface area contributed by atoms with Gasteiger partial charge in [-0.15, -0.1) is 0 Å². The highest BCUT2D eigenvalue weighted by atomic mass is 35.5. The lowest BCUT2D eigenvalue weighted by atomic mass is 10.2. The number of nitrogens with zero attached hydrogens (tertiary/aromatic N) is 1. The van der Waals surface area contributed by atoms with Crippen LogP contribution in [0.4, 0.5) is 5.69 Å². The van der Waals surface area contributed by atoms with Crippen LogP contribution < -0.4 is 14.8 Å². The molecule has 1 heterocycles. The van der Waals surface area contributed by atoms with Gasteiger partial charge in [0.2, 0.25) is 5.91 Å². The highest BCUT2D eigenvalue weighted by molar-refractivity contribution is 6.29. The molecule has 24 heavy (non-hydrogen) atoms. The molecule has 0 spiro atoms. The van der Waals surface area contributed by atoms with Crippen molar-refractivity contribution >= 4 is 23.2 Å². The molecule has 0 bridgehead atoms. The topological polar surface area (TPSA) is 60.5 Å². The van der Waals surface area contributed by atoms with Crippen molar-refractivity contribution in [3.05, 3.63) is 47.2 Å². The van der Waals surface area contributed by atoms with Gasteiger partial charge in [-0.2, -0.15) is 0 Å². The van der Waals surface area contributed by atoms with Crippen LogP contribution in [0.25, 0.3) is 0 Å². The van der Waals surface area contributed by atoms with E-state index in [9.17, 15) is 4.79 Å². The molecule has 1 aromatic carbocycles. The maximum Gasteiger partial charge on any atom is 0.228 e. The van der Waals surface area contributed by atoms with E-state index in [1.807, 2.05) is 0 Å². The number of aromatic nitrogens is 1. The number of carbonyl (C=O) groups is 1. The van der Waals surface area contributed by atoms with E-state index in [1.54, 1.807) is 43.6 Å². The Morgan fingerprint density at radius 2 is 2.12 bits per heavy atom. The van der Waals surface area contributed by atoms with Crippen LogP contribution in [0, 0.1) is 0 Å². The smallest absolute Gasteiger partial charge is 0.228 e. The van der Waals surface area contributed by atoms with Crippen molar-refractivity contribution in [3.63, 3.8) is 0 Å². The molecule has 0 aliphatic carbocycles. The maximum absolute atomic E-state index is 12.3. The summed E-state index contributed by atoms with van der Waals surface area (Å²) in [5.41, 5.74) is 1.38. The summed E-state index contributed by atoms with van der Waals surface area (Å²) in [6.07, 6.45) is 3.79. The number of hydrogen-bond acceptors (Lipinski definition) is 4. The fourth-order valence-electron chi connectivity index (χ4n) is 2.08. The van der Waals surface area contributed by atoms with Gasteiger partial charge in [-0.05, 0) is 30.2 Å². The van der Waals surface area contributed by atoms with Crippen LogP contribution in [0.1, 0.15) is 25.3 Å². The number of pyridine rings is 1. The molecule has 0 radical (unpaired) electrons. The quantitative estimate of drug-likeness (QED) is 0.576. The van der Waals surface area contributed by atoms with Crippen LogP contribution in [0.5, 0.6) is 11.5 Å². The minimum absolute atomic E-state index is 0.160. The normalized spacial score (nSPS) is 10.3. The molecule has 0 saturated heterocycles. The van der Waals surface area contributed by atoms with Crippen molar-refractivity contribution in [3.8, 4) is 11.5 Å². The molecule has 0 unspecified atom stereocenters. The summed E-state index contributed by atoms with van der Waals surface area (Å²) < 4.78 is 11.0. The number of benzene rings is 1. The lowest BCUT2D eigenvalue weighted by Gasteiger charge is -2.14. The van der Waals surface area contributed by atoms with Gasteiger partial charge in [0.1, 0.15) is 16.7 Å². The monoisotopic (exact) mass is 348 g/mol. The third-order valence-electron chi connectivity index (χ3n) is 3.37. The first-order valence-electron chi connectivity index (χ1n) is 7.83. The van der Waals surface area contributed by atoms with Crippen LogP contribution in [-0.4, -0.2) is 24.6 Å². The van der Waals surface area contributed by atoms with Crippen molar-refractivity contribution in [1.29, 1.82) is 0 Å². The summed E-state index contributed by atoms with van der Waals surface area (Å²) in [6, 6.07) is 8.79. The Labute approximate surface area is 147 Å². The van der Waals surface area contributed by atoms with E-state index in [1.165, 1.54) is 0 Å². The second kappa shape index (κ2) is 9.13. The van der Waals surface area contributed by atoms with E-state index in [0.29, 0.717) is 28.9 Å². The molecule has 128 valence electrons. The lowest BCUT2D eigenvalue weighted by Crippen LogP contribution is -2.15. The van der Waals surface area contributed by atoms with Gasteiger partial charge >= 0.3 is 0 Å². The van der Waals surface area contributed by atoms with Crippen molar-refractivity contribution in [1.82, 2.24) is 4.98 Å². The van der Waals surface area contributed by atoms with E-state index in [2.05, 4.69) is 17.2 Å². The summed E-state index contributed by atoms with van der Waals surface area (Å²) in [5.74, 6) is 1.13. The third kappa shape index (κ3) is 5.42. The van der Waals surface area contributed by atoms with Gasteiger partial charge in [0, 0.05) is 12.3 Å². The van der Waals surface area contributed by atoms with Crippen LogP contribution >= 0.6 is 11.6 Å². The van der Waals surface area contributed by atoms with Gasteiger partial charge in [-0.25, -0.2) is 4.98 Å². The molecule has 0 aliphatic heterocycles. The number of halogens is 1. The van der Waals surface area contributed by atoms with E-state index < -0.39 is 0 Å². The number of methoxy groups -OCH3 is 1. The van der Waals surface area contributed by atoms with Crippen LogP contribution in [0.2, 0.25) is 5.15 Å². The van der Waals surface area contributed by atoms with Crippen molar-refractivity contribution < 1.29 is 14.3 Å². The lowest BCUT2D eigenvalue weighted by molar-refractivity contribution is -0.115. The van der Waals surface area contributed by atoms with Crippen LogP contribution in [0.3, 0.4) is 0 Å². The summed E-state index contributed by atoms with van der Waals surface area (Å²) in [7, 11) is 1.58. The number of carbonyl (C=O) groups excluding carboxylic acids is 1. The number of ether oxygens (including phenoxy) is 2. The number of rotatable bonds is 8. The number of anilines is 1. The minimum atomic E-state index is -0.160. The highest BCUT2D eigenvalue weighted by Gasteiger charge is 2.11.